The molecule has 3 unspecified atom stereocenters. The molecule has 4 aliphatic rings. The second-order valence-electron chi connectivity index (χ2n) is 12.9. The van der Waals surface area contributed by atoms with E-state index in [1.807, 2.05) is 11.0 Å². The van der Waals surface area contributed by atoms with E-state index in [1.54, 1.807) is 0 Å². The molecule has 0 saturated carbocycles. The number of nitrogens with zero attached hydrogens (tertiary/aromatic N) is 6. The lowest BCUT2D eigenvalue weighted by Gasteiger charge is -2.38. The van der Waals surface area contributed by atoms with E-state index in [1.165, 1.54) is 12.1 Å². The molecule has 242 valence electrons. The fraction of sp³-hybridized carbons (Fsp3) is 0.455. The topological polar surface area (TPSA) is 124 Å². The molecule has 4 atom stereocenters. The summed E-state index contributed by atoms with van der Waals surface area (Å²) in [5, 5.41) is 19.8. The Balaban J connectivity index is 1.32. The minimum Gasteiger partial charge on any atom is -0.489 e. The molecule has 8 rings (SSSR count). The smallest absolute Gasteiger partial charge is 0.319 e. The second kappa shape index (κ2) is 11.3. The Kier molecular flexibility index (Phi) is 7.28. The lowest BCUT2D eigenvalue weighted by molar-refractivity contribution is 0.107. The van der Waals surface area contributed by atoms with Gasteiger partial charge in [0, 0.05) is 36.9 Å². The first-order chi connectivity index (χ1) is 22.7. The number of thiophene rings is 1. The van der Waals surface area contributed by atoms with E-state index < -0.39 is 23.3 Å². The molecule has 4 aromatic rings. The third-order valence-electron chi connectivity index (χ3n) is 10.3. The zero-order valence-electron chi connectivity index (χ0n) is 25.2. The van der Waals surface area contributed by atoms with Crippen LogP contribution in [-0.2, 0) is 0 Å². The molecular weight excluding hydrogens is 651 g/mol. The highest BCUT2D eigenvalue weighted by atomic mass is 35.5. The number of halogens is 4. The van der Waals surface area contributed by atoms with Gasteiger partial charge >= 0.3 is 6.01 Å². The summed E-state index contributed by atoms with van der Waals surface area (Å²) in [5.74, 6) is -0.674. The Hall–Kier alpha value is -4.04. The number of piperidine rings is 1. The van der Waals surface area contributed by atoms with Crippen molar-refractivity contribution in [2.24, 2.45) is 5.92 Å². The molecule has 6 heterocycles. The average Bonchev–Trinajstić information content (AvgIpc) is 3.66. The number of hydrogen-bond acceptors (Lipinski definition) is 10. The van der Waals surface area contributed by atoms with Crippen molar-refractivity contribution in [3.63, 3.8) is 0 Å². The van der Waals surface area contributed by atoms with E-state index in [-0.39, 0.29) is 84.6 Å². The number of rotatable bonds is 5. The van der Waals surface area contributed by atoms with E-state index in [2.05, 4.69) is 16.0 Å². The highest BCUT2D eigenvalue weighted by Crippen LogP contribution is 2.52. The number of benzene rings is 2. The van der Waals surface area contributed by atoms with Gasteiger partial charge in [-0.05, 0) is 49.8 Å². The van der Waals surface area contributed by atoms with Crippen LogP contribution >= 0.6 is 22.9 Å². The molecule has 0 aliphatic carbocycles. The summed E-state index contributed by atoms with van der Waals surface area (Å²) in [5.41, 5.74) is 5.60. The van der Waals surface area contributed by atoms with E-state index in [4.69, 9.17) is 31.8 Å². The Morgan fingerprint density at radius 3 is 2.87 bits per heavy atom. The molecule has 0 bridgehead atoms. The molecule has 3 fully saturated rings. The Morgan fingerprint density at radius 1 is 1.21 bits per heavy atom. The second-order valence-corrected chi connectivity index (χ2v) is 14.3. The summed E-state index contributed by atoms with van der Waals surface area (Å²) < 4.78 is 59.3. The first-order valence-electron chi connectivity index (χ1n) is 15.6. The first kappa shape index (κ1) is 30.3. The third-order valence-corrected chi connectivity index (χ3v) is 11.7. The maximum absolute atomic E-state index is 17.1. The SMILES string of the molecule is N#CCC1CCN2c3nc(OCC45CCCN4C[C@H](F)C5)nc4c(F)c(-c5ccc(F)c6sc(N)c(C#N)c56)c(Cl)c(c34)OCC2C1. The number of aromatic nitrogens is 2. The number of nitriles is 2. The molecule has 14 heteroatoms. The van der Waals surface area contributed by atoms with Gasteiger partial charge in [-0.1, -0.05) is 17.7 Å². The van der Waals surface area contributed by atoms with E-state index >= 15 is 4.39 Å². The molecule has 2 aromatic carbocycles. The zero-order valence-corrected chi connectivity index (χ0v) is 26.7. The Bertz CT molecular complexity index is 2050. The third kappa shape index (κ3) is 4.66. The lowest BCUT2D eigenvalue weighted by Crippen LogP contribution is -2.46. The van der Waals surface area contributed by atoms with Crippen LogP contribution in [0.2, 0.25) is 5.02 Å². The summed E-state index contributed by atoms with van der Waals surface area (Å²) in [6.07, 6.45) is 2.90. The molecule has 0 radical (unpaired) electrons. The monoisotopic (exact) mass is 679 g/mol. The van der Waals surface area contributed by atoms with Gasteiger partial charge in [0.05, 0.1) is 38.3 Å². The van der Waals surface area contributed by atoms with Crippen LogP contribution < -0.4 is 20.1 Å². The average molecular weight is 680 g/mol. The van der Waals surface area contributed by atoms with Crippen molar-refractivity contribution < 1.29 is 22.6 Å². The van der Waals surface area contributed by atoms with Crippen molar-refractivity contribution >= 4 is 54.7 Å². The molecule has 2 aromatic heterocycles. The van der Waals surface area contributed by atoms with Crippen molar-refractivity contribution in [2.75, 3.05) is 43.5 Å². The molecule has 4 aliphatic heterocycles. The highest BCUT2D eigenvalue weighted by molar-refractivity contribution is 7.23. The largest absolute Gasteiger partial charge is 0.489 e. The highest BCUT2D eigenvalue weighted by Gasteiger charge is 2.49. The van der Waals surface area contributed by atoms with Gasteiger partial charge in [-0.2, -0.15) is 20.5 Å². The van der Waals surface area contributed by atoms with Gasteiger partial charge in [-0.25, -0.2) is 13.2 Å². The fourth-order valence-electron chi connectivity index (χ4n) is 8.10. The molecule has 3 saturated heterocycles. The van der Waals surface area contributed by atoms with Gasteiger partial charge in [0.1, 0.15) is 47.6 Å². The van der Waals surface area contributed by atoms with Gasteiger partial charge in [0.15, 0.2) is 11.6 Å². The van der Waals surface area contributed by atoms with Gasteiger partial charge < -0.3 is 20.1 Å². The first-order valence-corrected chi connectivity index (χ1v) is 16.8. The van der Waals surface area contributed by atoms with Crippen LogP contribution in [0.3, 0.4) is 0 Å². The molecule has 2 N–H and O–H groups in total. The van der Waals surface area contributed by atoms with Crippen LogP contribution in [0.1, 0.15) is 44.1 Å². The van der Waals surface area contributed by atoms with Gasteiger partial charge in [0.2, 0.25) is 0 Å². The number of ether oxygens (including phenoxy) is 2. The predicted molar refractivity (Wildman–Crippen MR) is 173 cm³/mol. The van der Waals surface area contributed by atoms with Crippen molar-refractivity contribution in [1.82, 2.24) is 14.9 Å². The summed E-state index contributed by atoms with van der Waals surface area (Å²) in [6.45, 7) is 2.03. The molecule has 0 spiro atoms. The Labute approximate surface area is 277 Å². The van der Waals surface area contributed by atoms with Crippen molar-refractivity contribution in [3.05, 3.63) is 34.4 Å². The number of anilines is 2. The quantitative estimate of drug-likeness (QED) is 0.244. The summed E-state index contributed by atoms with van der Waals surface area (Å²) in [4.78, 5) is 13.6. The van der Waals surface area contributed by atoms with Crippen LogP contribution in [0.5, 0.6) is 11.8 Å². The van der Waals surface area contributed by atoms with Crippen LogP contribution in [0.4, 0.5) is 24.0 Å². The van der Waals surface area contributed by atoms with Crippen LogP contribution in [-0.4, -0.2) is 65.5 Å². The Morgan fingerprint density at radius 2 is 2.06 bits per heavy atom. The molecule has 47 heavy (non-hydrogen) atoms. The molecular formula is C33H29ClF3N7O2S. The maximum Gasteiger partial charge on any atom is 0.319 e. The minimum absolute atomic E-state index is 0.0259. The van der Waals surface area contributed by atoms with E-state index in [9.17, 15) is 19.3 Å². The lowest BCUT2D eigenvalue weighted by atomic mass is 9.89. The standard InChI is InChI=1S/C33H29ClF3N7O2S/c34-25-23(19-2-3-21(36)29-22(19)20(12-39)30(40)47-29)26(37)27-24-28(25)45-14-18-10-16(4-7-38)5-9-44(18)31(24)42-32(41-27)46-15-33-6-1-8-43(33)13-17(35)11-33/h2-3,16-18H,1,4-6,8-11,13-15,40H2/t16?,17-,18?,33?/m1/s1. The maximum atomic E-state index is 17.1. The number of nitrogen functional groups attached to an aromatic ring is 1. The normalized spacial score (nSPS) is 25.2. The fourth-order valence-corrected chi connectivity index (χ4v) is 9.38. The van der Waals surface area contributed by atoms with Gasteiger partial charge in [-0.3, -0.25) is 4.90 Å². The number of nitrogens with two attached hydrogens (primary N) is 1. The number of hydrogen-bond donors (Lipinski definition) is 1. The van der Waals surface area contributed by atoms with E-state index in [0.29, 0.717) is 38.2 Å². The number of fused-ring (bicyclic) bond motifs is 4. The van der Waals surface area contributed by atoms with Crippen LogP contribution in [0, 0.1) is 40.2 Å². The predicted octanol–water partition coefficient (Wildman–Crippen LogP) is 6.74. The van der Waals surface area contributed by atoms with E-state index in [0.717, 1.165) is 37.1 Å². The van der Waals surface area contributed by atoms with Gasteiger partial charge in [-0.15, -0.1) is 11.3 Å². The zero-order chi connectivity index (χ0) is 32.6. The van der Waals surface area contributed by atoms with Crippen molar-refractivity contribution in [1.29, 1.82) is 10.5 Å². The van der Waals surface area contributed by atoms with Crippen molar-refractivity contribution in [2.45, 2.75) is 56.3 Å². The number of alkyl halides is 1. The van der Waals surface area contributed by atoms with Crippen molar-refractivity contribution in [3.8, 4) is 35.0 Å². The van der Waals surface area contributed by atoms with Gasteiger partial charge in [0.25, 0.3) is 0 Å². The minimum atomic E-state index is -0.949. The van der Waals surface area contributed by atoms with Crippen LogP contribution in [0.25, 0.3) is 32.1 Å². The summed E-state index contributed by atoms with van der Waals surface area (Å²) in [7, 11) is 0. The molecule has 9 nitrogen and oxygen atoms in total. The summed E-state index contributed by atoms with van der Waals surface area (Å²) >= 11 is 7.93. The summed E-state index contributed by atoms with van der Waals surface area (Å²) in [6, 6.07) is 6.61. The van der Waals surface area contributed by atoms with Crippen LogP contribution in [0.15, 0.2) is 12.1 Å². The molecule has 0 amide bonds.